The monoisotopic (exact) mass is 1350 g/mol. The number of carbonyl (C=O) groups is 4. The van der Waals surface area contributed by atoms with E-state index in [0.717, 1.165) is 108 Å². The minimum Gasteiger partial charge on any atom is -0.462 e. The SMILES string of the molecule is CCCCCCCCCCCCCCCCCCCCCC(=O)O[C@H](COC(=O)CCCCCCCCCCCCCC)COP(=O)(O)OC[C@@H](O)COP(=O)(O)OC[C@@H](COC(=O)CCCCCCCCC(C)CC)OC(=O)CCCCCCCCCCC(C)C. The smallest absolute Gasteiger partial charge is 0.462 e. The Hall–Kier alpha value is -1.94. The van der Waals surface area contributed by atoms with E-state index >= 15 is 0 Å². The number of rotatable bonds is 72. The first-order chi connectivity index (χ1) is 44.4. The molecule has 0 aromatic carbocycles. The molecule has 0 amide bonds. The second-order valence-electron chi connectivity index (χ2n) is 27.1. The number of unbranched alkanes of at least 4 members (excludes halogenated alkanes) is 41. The molecule has 0 heterocycles. The Labute approximate surface area is 562 Å². The minimum absolute atomic E-state index is 0.104. The molecule has 0 aliphatic rings. The lowest BCUT2D eigenvalue weighted by Crippen LogP contribution is -2.30. The fourth-order valence-electron chi connectivity index (χ4n) is 11.1. The van der Waals surface area contributed by atoms with Crippen molar-refractivity contribution in [3.8, 4) is 0 Å². The van der Waals surface area contributed by atoms with Crippen LogP contribution in [0.5, 0.6) is 0 Å². The van der Waals surface area contributed by atoms with E-state index in [0.29, 0.717) is 25.7 Å². The highest BCUT2D eigenvalue weighted by Crippen LogP contribution is 2.45. The summed E-state index contributed by atoms with van der Waals surface area (Å²) in [4.78, 5) is 72.6. The number of hydrogen-bond donors (Lipinski definition) is 3. The molecule has 0 rings (SSSR count). The molecule has 546 valence electrons. The van der Waals surface area contributed by atoms with Gasteiger partial charge in [0.2, 0.25) is 0 Å². The van der Waals surface area contributed by atoms with Crippen LogP contribution in [0.4, 0.5) is 0 Å². The van der Waals surface area contributed by atoms with E-state index in [2.05, 4.69) is 41.5 Å². The molecular formula is C73H142O17P2. The lowest BCUT2D eigenvalue weighted by Gasteiger charge is -2.21. The summed E-state index contributed by atoms with van der Waals surface area (Å²) in [7, 11) is -9.90. The molecule has 0 aromatic rings. The van der Waals surface area contributed by atoms with Gasteiger partial charge < -0.3 is 33.8 Å². The van der Waals surface area contributed by atoms with Gasteiger partial charge in [0.15, 0.2) is 12.2 Å². The molecule has 3 unspecified atom stereocenters. The normalized spacial score (nSPS) is 14.4. The Balaban J connectivity index is 5.21. The summed E-state index contributed by atoms with van der Waals surface area (Å²) in [6.07, 6.45) is 51.4. The van der Waals surface area contributed by atoms with Gasteiger partial charge in [0.1, 0.15) is 19.3 Å². The Morgan fingerprint density at radius 1 is 0.315 bits per heavy atom. The molecule has 0 bridgehead atoms. The van der Waals surface area contributed by atoms with Crippen LogP contribution in [0.2, 0.25) is 0 Å². The standard InChI is InChI=1S/C73H142O17P2/c1-7-10-12-14-16-18-20-22-23-24-25-26-27-28-30-32-37-45-51-57-72(77)89-68(61-83-70(75)55-49-43-36-31-29-21-19-17-15-13-11-8-2)63-87-91(79,80)85-59-67(74)60-86-92(81,82)88-64-69(62-84-71(76)56-50-44-40-39-42-48-54-66(6)9-3)90-73(78)58-52-46-38-34-33-35-41-47-53-65(4)5/h65-69,74H,7-64H2,1-6H3,(H,79,80)(H,81,82)/t66?,67-,68-,69-/m1/s1. The fourth-order valence-corrected chi connectivity index (χ4v) is 12.7. The quantitative estimate of drug-likeness (QED) is 0.0222. The number of aliphatic hydroxyl groups is 1. The van der Waals surface area contributed by atoms with Crippen LogP contribution in [0.3, 0.4) is 0 Å². The van der Waals surface area contributed by atoms with Crippen molar-refractivity contribution >= 4 is 39.5 Å². The van der Waals surface area contributed by atoms with E-state index in [-0.39, 0.29) is 25.7 Å². The number of hydrogen-bond acceptors (Lipinski definition) is 15. The first kappa shape index (κ1) is 90.1. The molecule has 3 N–H and O–H groups in total. The largest absolute Gasteiger partial charge is 0.472 e. The van der Waals surface area contributed by atoms with E-state index in [1.54, 1.807) is 0 Å². The average Bonchev–Trinajstić information content (AvgIpc) is 1.58. The maximum atomic E-state index is 13.1. The van der Waals surface area contributed by atoms with Crippen LogP contribution in [0.15, 0.2) is 0 Å². The van der Waals surface area contributed by atoms with Gasteiger partial charge in [-0.1, -0.05) is 324 Å². The Kier molecular flexibility index (Phi) is 63.7. The van der Waals surface area contributed by atoms with E-state index in [1.807, 2.05) is 0 Å². The van der Waals surface area contributed by atoms with E-state index in [4.69, 9.17) is 37.0 Å². The molecule has 19 heteroatoms. The molecule has 17 nitrogen and oxygen atoms in total. The Morgan fingerprint density at radius 3 is 0.826 bits per heavy atom. The van der Waals surface area contributed by atoms with Gasteiger partial charge in [-0.25, -0.2) is 9.13 Å². The molecular weight excluding hydrogens is 1210 g/mol. The molecule has 0 spiro atoms. The summed E-state index contributed by atoms with van der Waals surface area (Å²) in [5.74, 6) is -0.673. The van der Waals surface area contributed by atoms with Gasteiger partial charge >= 0.3 is 39.5 Å². The zero-order valence-electron chi connectivity index (χ0n) is 59.9. The highest BCUT2D eigenvalue weighted by Gasteiger charge is 2.30. The second kappa shape index (κ2) is 65.0. The predicted molar refractivity (Wildman–Crippen MR) is 372 cm³/mol. The van der Waals surface area contributed by atoms with Crippen molar-refractivity contribution < 1.29 is 80.2 Å². The van der Waals surface area contributed by atoms with E-state index < -0.39 is 97.5 Å². The van der Waals surface area contributed by atoms with Crippen molar-refractivity contribution in [3.05, 3.63) is 0 Å². The van der Waals surface area contributed by atoms with Gasteiger partial charge in [-0.05, 0) is 37.5 Å². The van der Waals surface area contributed by atoms with Crippen LogP contribution < -0.4 is 0 Å². The summed E-state index contributed by atoms with van der Waals surface area (Å²) in [5, 5.41) is 10.6. The predicted octanol–water partition coefficient (Wildman–Crippen LogP) is 21.2. The zero-order chi connectivity index (χ0) is 67.9. The molecule has 0 fully saturated rings. The van der Waals surface area contributed by atoms with Crippen molar-refractivity contribution in [2.45, 2.75) is 394 Å². The number of aliphatic hydroxyl groups excluding tert-OH is 1. The lowest BCUT2D eigenvalue weighted by atomic mass is 10.00. The van der Waals surface area contributed by atoms with Crippen molar-refractivity contribution in [1.29, 1.82) is 0 Å². The molecule has 0 saturated heterocycles. The number of carbonyl (C=O) groups excluding carboxylic acids is 4. The van der Waals surface area contributed by atoms with Crippen LogP contribution in [0.25, 0.3) is 0 Å². The van der Waals surface area contributed by atoms with Gasteiger partial charge in [0.05, 0.1) is 26.4 Å². The van der Waals surface area contributed by atoms with Crippen molar-refractivity contribution in [1.82, 2.24) is 0 Å². The lowest BCUT2D eigenvalue weighted by molar-refractivity contribution is -0.161. The van der Waals surface area contributed by atoms with Crippen LogP contribution in [0, 0.1) is 11.8 Å². The molecule has 0 aliphatic carbocycles. The highest BCUT2D eigenvalue weighted by atomic mass is 31.2. The highest BCUT2D eigenvalue weighted by molar-refractivity contribution is 7.47. The van der Waals surface area contributed by atoms with Crippen molar-refractivity contribution in [2.24, 2.45) is 11.8 Å². The Morgan fingerprint density at radius 2 is 0.554 bits per heavy atom. The van der Waals surface area contributed by atoms with Gasteiger partial charge in [0, 0.05) is 25.7 Å². The summed E-state index contributed by atoms with van der Waals surface area (Å²) in [6.45, 7) is 9.49. The van der Waals surface area contributed by atoms with Crippen LogP contribution >= 0.6 is 15.6 Å². The third kappa shape index (κ3) is 65.4. The van der Waals surface area contributed by atoms with Crippen molar-refractivity contribution in [2.75, 3.05) is 39.6 Å². The maximum Gasteiger partial charge on any atom is 0.472 e. The van der Waals surface area contributed by atoms with Crippen LogP contribution in [0.1, 0.15) is 375 Å². The van der Waals surface area contributed by atoms with Gasteiger partial charge in [-0.15, -0.1) is 0 Å². The topological polar surface area (TPSA) is 237 Å². The second-order valence-corrected chi connectivity index (χ2v) is 30.0. The fraction of sp³-hybridized carbons (Fsp3) is 0.945. The minimum atomic E-state index is -4.95. The van der Waals surface area contributed by atoms with Gasteiger partial charge in [-0.2, -0.15) is 0 Å². The van der Waals surface area contributed by atoms with Gasteiger partial charge in [0.25, 0.3) is 0 Å². The van der Waals surface area contributed by atoms with E-state index in [9.17, 15) is 43.2 Å². The van der Waals surface area contributed by atoms with Crippen LogP contribution in [-0.4, -0.2) is 96.7 Å². The first-order valence-corrected chi connectivity index (χ1v) is 41.0. The third-order valence-corrected chi connectivity index (χ3v) is 19.2. The molecule has 0 saturated carbocycles. The first-order valence-electron chi connectivity index (χ1n) is 38.0. The molecule has 0 aromatic heterocycles. The maximum absolute atomic E-state index is 13.1. The summed E-state index contributed by atoms with van der Waals surface area (Å²) in [6, 6.07) is 0. The number of phosphoric acid groups is 2. The third-order valence-electron chi connectivity index (χ3n) is 17.3. The number of esters is 4. The number of ether oxygens (including phenoxy) is 4. The molecule has 6 atom stereocenters. The summed E-state index contributed by atoms with van der Waals surface area (Å²) < 4.78 is 68.4. The average molecular weight is 1350 g/mol. The van der Waals surface area contributed by atoms with E-state index in [1.165, 1.54) is 186 Å². The van der Waals surface area contributed by atoms with Crippen LogP contribution in [-0.2, 0) is 65.4 Å². The summed E-state index contributed by atoms with van der Waals surface area (Å²) >= 11 is 0. The molecule has 92 heavy (non-hydrogen) atoms. The Bertz CT molecular complexity index is 1790. The summed E-state index contributed by atoms with van der Waals surface area (Å²) in [5.41, 5.74) is 0. The molecule has 0 aliphatic heterocycles. The van der Waals surface area contributed by atoms with Gasteiger partial charge in [-0.3, -0.25) is 37.3 Å². The van der Waals surface area contributed by atoms with Crippen molar-refractivity contribution in [3.63, 3.8) is 0 Å². The molecule has 0 radical (unpaired) electrons. The number of phosphoric ester groups is 2. The zero-order valence-corrected chi connectivity index (χ0v) is 61.6.